The number of hydrogen-bond acceptors (Lipinski definition) is 4. The summed E-state index contributed by atoms with van der Waals surface area (Å²) in [6, 6.07) is 7.50. The zero-order chi connectivity index (χ0) is 17.7. The van der Waals surface area contributed by atoms with Crippen LogP contribution < -0.4 is 10.6 Å². The van der Waals surface area contributed by atoms with E-state index >= 15 is 0 Å². The third-order valence-corrected chi connectivity index (χ3v) is 3.84. The maximum absolute atomic E-state index is 12.2. The van der Waals surface area contributed by atoms with E-state index < -0.39 is 0 Å². The number of carbonyl (C=O) groups excluding carboxylic acids is 1. The van der Waals surface area contributed by atoms with Gasteiger partial charge in [0, 0.05) is 25.0 Å². The third kappa shape index (κ3) is 4.94. The van der Waals surface area contributed by atoms with Crippen molar-refractivity contribution in [2.24, 2.45) is 0 Å². The van der Waals surface area contributed by atoms with Crippen LogP contribution in [0, 0.1) is 13.8 Å². The van der Waals surface area contributed by atoms with E-state index in [0.717, 1.165) is 29.0 Å². The molecule has 0 unspecified atom stereocenters. The first kappa shape index (κ1) is 18.2. The molecule has 5 nitrogen and oxygen atoms in total. The molecular formula is C18H23ClN4O. The Kier molecular flexibility index (Phi) is 6.17. The first-order valence-electron chi connectivity index (χ1n) is 7.79. The van der Waals surface area contributed by atoms with Crippen LogP contribution in [0.4, 0.5) is 11.4 Å². The van der Waals surface area contributed by atoms with Crippen molar-refractivity contribution >= 4 is 28.9 Å². The molecule has 1 amide bonds. The van der Waals surface area contributed by atoms with Crippen LogP contribution in [-0.4, -0.2) is 43.0 Å². The molecule has 2 aromatic rings. The summed E-state index contributed by atoms with van der Waals surface area (Å²) < 4.78 is 0. The average Bonchev–Trinajstić information content (AvgIpc) is 2.50. The molecule has 1 heterocycles. The van der Waals surface area contributed by atoms with Crippen LogP contribution in [0.15, 0.2) is 30.5 Å². The largest absolute Gasteiger partial charge is 0.354 e. The molecular weight excluding hydrogens is 324 g/mol. The summed E-state index contributed by atoms with van der Waals surface area (Å²) in [7, 11) is 3.92. The van der Waals surface area contributed by atoms with Crippen molar-refractivity contribution in [3.05, 3.63) is 52.3 Å². The van der Waals surface area contributed by atoms with Crippen molar-refractivity contribution in [3.63, 3.8) is 0 Å². The Labute approximate surface area is 148 Å². The molecule has 128 valence electrons. The van der Waals surface area contributed by atoms with Gasteiger partial charge in [-0.3, -0.25) is 9.78 Å². The fraction of sp³-hybridized carbons (Fsp3) is 0.333. The second-order valence-electron chi connectivity index (χ2n) is 6.05. The standard InChI is InChI=1S/C18H23ClN4O/c1-12-9-13(2)17(15(19)10-12)22-14-5-6-20-16(11-14)18(24)21-7-8-23(3)4/h5-6,9-11H,7-8H2,1-4H3,(H,20,22)(H,21,24). The maximum atomic E-state index is 12.2. The first-order chi connectivity index (χ1) is 11.4. The van der Waals surface area contributed by atoms with Gasteiger partial charge in [-0.15, -0.1) is 0 Å². The van der Waals surface area contributed by atoms with Crippen molar-refractivity contribution in [1.82, 2.24) is 15.2 Å². The number of hydrogen-bond donors (Lipinski definition) is 2. The molecule has 0 spiro atoms. The van der Waals surface area contributed by atoms with E-state index in [-0.39, 0.29) is 5.91 Å². The highest BCUT2D eigenvalue weighted by Crippen LogP contribution is 2.30. The smallest absolute Gasteiger partial charge is 0.269 e. The number of benzene rings is 1. The van der Waals surface area contributed by atoms with Crippen LogP contribution in [0.3, 0.4) is 0 Å². The normalized spacial score (nSPS) is 10.8. The van der Waals surface area contributed by atoms with E-state index in [1.54, 1.807) is 12.3 Å². The summed E-state index contributed by atoms with van der Waals surface area (Å²) in [5.74, 6) is -0.188. The topological polar surface area (TPSA) is 57.3 Å². The van der Waals surface area contributed by atoms with Crippen LogP contribution in [-0.2, 0) is 0 Å². The molecule has 0 aliphatic rings. The van der Waals surface area contributed by atoms with Crippen LogP contribution in [0.25, 0.3) is 0 Å². The lowest BCUT2D eigenvalue weighted by Crippen LogP contribution is -2.31. The molecule has 1 aromatic heterocycles. The minimum Gasteiger partial charge on any atom is -0.354 e. The molecule has 0 saturated heterocycles. The van der Waals surface area contributed by atoms with E-state index in [4.69, 9.17) is 11.6 Å². The maximum Gasteiger partial charge on any atom is 0.269 e. The summed E-state index contributed by atoms with van der Waals surface area (Å²) in [4.78, 5) is 18.3. The Bertz CT molecular complexity index is 708. The second kappa shape index (κ2) is 8.13. The van der Waals surface area contributed by atoms with Gasteiger partial charge in [0.25, 0.3) is 5.91 Å². The number of pyridine rings is 1. The molecule has 2 rings (SSSR count). The molecule has 1 aromatic carbocycles. The van der Waals surface area contributed by atoms with Gasteiger partial charge < -0.3 is 15.5 Å². The highest BCUT2D eigenvalue weighted by Gasteiger charge is 2.10. The molecule has 6 heteroatoms. The third-order valence-electron chi connectivity index (χ3n) is 3.54. The summed E-state index contributed by atoms with van der Waals surface area (Å²) in [5.41, 5.74) is 4.15. The SMILES string of the molecule is Cc1cc(C)c(Nc2ccnc(C(=O)NCCN(C)C)c2)c(Cl)c1. The lowest BCUT2D eigenvalue weighted by molar-refractivity contribution is 0.0946. The van der Waals surface area contributed by atoms with Crippen molar-refractivity contribution in [1.29, 1.82) is 0 Å². The molecule has 0 aliphatic heterocycles. The Hall–Kier alpha value is -2.11. The summed E-state index contributed by atoms with van der Waals surface area (Å²) >= 11 is 6.32. The number of halogens is 1. The van der Waals surface area contributed by atoms with Gasteiger partial charge in [-0.1, -0.05) is 17.7 Å². The van der Waals surface area contributed by atoms with Gasteiger partial charge in [-0.05, 0) is 57.3 Å². The number of carbonyl (C=O) groups is 1. The zero-order valence-electron chi connectivity index (χ0n) is 14.5. The van der Waals surface area contributed by atoms with Crippen LogP contribution in [0.2, 0.25) is 5.02 Å². The van der Waals surface area contributed by atoms with Crippen LogP contribution >= 0.6 is 11.6 Å². The van der Waals surface area contributed by atoms with Crippen molar-refractivity contribution in [2.75, 3.05) is 32.5 Å². The van der Waals surface area contributed by atoms with Gasteiger partial charge in [0.15, 0.2) is 0 Å². The van der Waals surface area contributed by atoms with Gasteiger partial charge in [-0.2, -0.15) is 0 Å². The zero-order valence-corrected chi connectivity index (χ0v) is 15.2. The van der Waals surface area contributed by atoms with E-state index in [1.807, 2.05) is 45.0 Å². The molecule has 0 saturated carbocycles. The Morgan fingerprint density at radius 1 is 1.25 bits per heavy atom. The van der Waals surface area contributed by atoms with Gasteiger partial charge in [0.05, 0.1) is 10.7 Å². The average molecular weight is 347 g/mol. The minimum absolute atomic E-state index is 0.188. The number of aryl methyl sites for hydroxylation is 2. The number of anilines is 2. The molecule has 24 heavy (non-hydrogen) atoms. The van der Waals surface area contributed by atoms with Gasteiger partial charge in [0.2, 0.25) is 0 Å². The number of aromatic nitrogens is 1. The molecule has 0 radical (unpaired) electrons. The Morgan fingerprint density at radius 2 is 2.00 bits per heavy atom. The van der Waals surface area contributed by atoms with Crippen molar-refractivity contribution in [3.8, 4) is 0 Å². The molecule has 0 bridgehead atoms. The van der Waals surface area contributed by atoms with Crippen molar-refractivity contribution < 1.29 is 4.79 Å². The van der Waals surface area contributed by atoms with Crippen molar-refractivity contribution in [2.45, 2.75) is 13.8 Å². The lowest BCUT2D eigenvalue weighted by Gasteiger charge is -2.13. The number of nitrogens with zero attached hydrogens (tertiary/aromatic N) is 2. The van der Waals surface area contributed by atoms with Crippen LogP contribution in [0.5, 0.6) is 0 Å². The molecule has 0 aliphatic carbocycles. The van der Waals surface area contributed by atoms with E-state index in [9.17, 15) is 4.79 Å². The quantitative estimate of drug-likeness (QED) is 0.841. The predicted molar refractivity (Wildman–Crippen MR) is 99.3 cm³/mol. The van der Waals surface area contributed by atoms with E-state index in [0.29, 0.717) is 17.3 Å². The number of rotatable bonds is 6. The Balaban J connectivity index is 2.12. The number of amides is 1. The van der Waals surface area contributed by atoms with E-state index in [1.165, 1.54) is 0 Å². The monoisotopic (exact) mass is 346 g/mol. The lowest BCUT2D eigenvalue weighted by atomic mass is 10.1. The summed E-state index contributed by atoms with van der Waals surface area (Å²) in [6.45, 7) is 5.36. The molecule has 0 atom stereocenters. The highest BCUT2D eigenvalue weighted by atomic mass is 35.5. The van der Waals surface area contributed by atoms with Gasteiger partial charge in [-0.25, -0.2) is 0 Å². The van der Waals surface area contributed by atoms with E-state index in [2.05, 4.69) is 21.7 Å². The number of nitrogens with one attached hydrogen (secondary N) is 2. The number of likely N-dealkylation sites (N-methyl/N-ethyl adjacent to an activating group) is 1. The van der Waals surface area contributed by atoms with Crippen LogP contribution in [0.1, 0.15) is 21.6 Å². The summed E-state index contributed by atoms with van der Waals surface area (Å²) in [5, 5.41) is 6.79. The molecule has 2 N–H and O–H groups in total. The van der Waals surface area contributed by atoms with Gasteiger partial charge in [0.1, 0.15) is 5.69 Å². The fourth-order valence-corrected chi connectivity index (χ4v) is 2.70. The Morgan fingerprint density at radius 3 is 2.67 bits per heavy atom. The summed E-state index contributed by atoms with van der Waals surface area (Å²) in [6.07, 6.45) is 1.61. The second-order valence-corrected chi connectivity index (χ2v) is 6.46. The minimum atomic E-state index is -0.188. The molecule has 0 fully saturated rings. The first-order valence-corrected chi connectivity index (χ1v) is 8.17. The highest BCUT2D eigenvalue weighted by molar-refractivity contribution is 6.33. The van der Waals surface area contributed by atoms with Gasteiger partial charge >= 0.3 is 0 Å². The predicted octanol–water partition coefficient (Wildman–Crippen LogP) is 3.39. The fourth-order valence-electron chi connectivity index (χ4n) is 2.33.